The highest BCUT2D eigenvalue weighted by atomic mass is 35.5. The number of nitrogens with zero attached hydrogens (tertiary/aromatic N) is 2. The van der Waals surface area contributed by atoms with Crippen LogP contribution in [0.1, 0.15) is 5.56 Å². The Morgan fingerprint density at radius 3 is 2.80 bits per heavy atom. The molecule has 2 aromatic heterocycles. The van der Waals surface area contributed by atoms with Gasteiger partial charge in [-0.3, -0.25) is 0 Å². The number of hydrogen-bond donors (Lipinski definition) is 4. The van der Waals surface area contributed by atoms with Crippen LogP contribution in [0.25, 0.3) is 11.0 Å². The van der Waals surface area contributed by atoms with Gasteiger partial charge in [0.15, 0.2) is 0 Å². The second kappa shape index (κ2) is 4.86. The van der Waals surface area contributed by atoms with Crippen LogP contribution in [0.4, 0.5) is 11.8 Å². The monoisotopic (exact) mass is 290 g/mol. The van der Waals surface area contributed by atoms with Gasteiger partial charge in [-0.05, 0) is 17.7 Å². The lowest BCUT2D eigenvalue weighted by molar-refractivity contribution is 1.09. The molecule has 102 valence electrons. The molecule has 0 atom stereocenters. The third-order valence-corrected chi connectivity index (χ3v) is 2.96. The fourth-order valence-corrected chi connectivity index (χ4v) is 2.10. The number of aromatic nitrogens is 4. The van der Waals surface area contributed by atoms with E-state index in [0.717, 1.165) is 16.6 Å². The van der Waals surface area contributed by atoms with E-state index < -0.39 is 0 Å². The molecule has 0 aliphatic heterocycles. The van der Waals surface area contributed by atoms with Crippen molar-refractivity contribution in [1.82, 2.24) is 19.9 Å². The maximum Gasteiger partial charge on any atom is 0.323 e. The normalized spacial score (nSPS) is 10.8. The topological polar surface area (TPSA) is 112 Å². The summed E-state index contributed by atoms with van der Waals surface area (Å²) >= 11 is 5.80. The zero-order valence-electron chi connectivity index (χ0n) is 10.3. The third kappa shape index (κ3) is 2.57. The smallest absolute Gasteiger partial charge is 0.323 e. The Labute approximate surface area is 118 Å². The molecule has 3 rings (SSSR count). The van der Waals surface area contributed by atoms with E-state index in [1.54, 1.807) is 6.07 Å². The molecule has 2 heterocycles. The molecule has 0 aliphatic carbocycles. The minimum absolute atomic E-state index is 0.116. The summed E-state index contributed by atoms with van der Waals surface area (Å²) in [7, 11) is 0. The summed E-state index contributed by atoms with van der Waals surface area (Å²) in [5.41, 5.74) is 7.81. The van der Waals surface area contributed by atoms with Crippen molar-refractivity contribution in [2.24, 2.45) is 0 Å². The van der Waals surface area contributed by atoms with E-state index in [0.29, 0.717) is 12.4 Å². The van der Waals surface area contributed by atoms with Crippen LogP contribution in [0.2, 0.25) is 5.15 Å². The number of aromatic amines is 2. The molecule has 7 nitrogen and oxygen atoms in total. The van der Waals surface area contributed by atoms with E-state index in [1.807, 2.05) is 18.2 Å². The molecule has 3 aromatic rings. The van der Waals surface area contributed by atoms with E-state index in [-0.39, 0.29) is 16.8 Å². The molecule has 0 amide bonds. The second-order valence-corrected chi connectivity index (χ2v) is 4.63. The van der Waals surface area contributed by atoms with Crippen LogP contribution in [-0.2, 0) is 6.54 Å². The molecule has 0 fully saturated rings. The number of nitrogens with two attached hydrogens (primary N) is 1. The molecule has 0 spiro atoms. The lowest BCUT2D eigenvalue weighted by atomic mass is 10.2. The number of benzene rings is 1. The summed E-state index contributed by atoms with van der Waals surface area (Å²) in [5.74, 6) is 0.663. The van der Waals surface area contributed by atoms with Crippen LogP contribution >= 0.6 is 11.6 Å². The van der Waals surface area contributed by atoms with E-state index in [2.05, 4.69) is 25.3 Å². The number of halogens is 1. The molecular weight excluding hydrogens is 280 g/mol. The molecule has 0 saturated heterocycles. The highest BCUT2D eigenvalue weighted by Gasteiger charge is 2.02. The molecule has 1 aromatic carbocycles. The first-order chi connectivity index (χ1) is 9.60. The van der Waals surface area contributed by atoms with E-state index >= 15 is 0 Å². The van der Waals surface area contributed by atoms with Crippen LogP contribution in [0.15, 0.2) is 29.1 Å². The maximum absolute atomic E-state index is 11.2. The number of hydrogen-bond acceptors (Lipinski definition) is 5. The van der Waals surface area contributed by atoms with Gasteiger partial charge in [-0.1, -0.05) is 17.7 Å². The SMILES string of the molecule is Nc1nc(Cl)cc(NCc2ccc3[nH]c(=O)[nH]c3c2)n1. The van der Waals surface area contributed by atoms with Crippen LogP contribution in [-0.4, -0.2) is 19.9 Å². The molecule has 0 radical (unpaired) electrons. The Balaban J connectivity index is 1.80. The lowest BCUT2D eigenvalue weighted by Crippen LogP contribution is -2.04. The minimum Gasteiger partial charge on any atom is -0.368 e. The Hall–Kier alpha value is -2.54. The van der Waals surface area contributed by atoms with Crippen LogP contribution in [0, 0.1) is 0 Å². The number of nitrogens with one attached hydrogen (secondary N) is 3. The van der Waals surface area contributed by atoms with Gasteiger partial charge in [-0.25, -0.2) is 9.78 Å². The molecule has 8 heteroatoms. The highest BCUT2D eigenvalue weighted by Crippen LogP contribution is 2.15. The fourth-order valence-electron chi connectivity index (χ4n) is 1.91. The zero-order chi connectivity index (χ0) is 14.1. The number of rotatable bonds is 3. The van der Waals surface area contributed by atoms with Crippen LogP contribution < -0.4 is 16.7 Å². The summed E-state index contributed by atoms with van der Waals surface area (Å²) in [6.07, 6.45) is 0. The Morgan fingerprint density at radius 2 is 2.00 bits per heavy atom. The molecule has 0 bridgehead atoms. The van der Waals surface area contributed by atoms with Gasteiger partial charge in [0.1, 0.15) is 11.0 Å². The van der Waals surface area contributed by atoms with Crippen molar-refractivity contribution in [3.63, 3.8) is 0 Å². The number of anilines is 2. The van der Waals surface area contributed by atoms with E-state index in [1.165, 1.54) is 0 Å². The van der Waals surface area contributed by atoms with Gasteiger partial charge in [0.2, 0.25) is 5.95 Å². The van der Waals surface area contributed by atoms with Gasteiger partial charge in [-0.2, -0.15) is 4.98 Å². The summed E-state index contributed by atoms with van der Waals surface area (Å²) in [6.45, 7) is 0.524. The molecule has 5 N–H and O–H groups in total. The van der Waals surface area contributed by atoms with Gasteiger partial charge in [0.05, 0.1) is 11.0 Å². The number of imidazole rings is 1. The lowest BCUT2D eigenvalue weighted by Gasteiger charge is -2.06. The first kappa shape index (κ1) is 12.5. The second-order valence-electron chi connectivity index (χ2n) is 4.25. The van der Waals surface area contributed by atoms with Gasteiger partial charge >= 0.3 is 5.69 Å². The van der Waals surface area contributed by atoms with Gasteiger partial charge < -0.3 is 21.0 Å². The van der Waals surface area contributed by atoms with E-state index in [9.17, 15) is 4.79 Å². The summed E-state index contributed by atoms with van der Waals surface area (Å²) < 4.78 is 0. The largest absolute Gasteiger partial charge is 0.368 e. The van der Waals surface area contributed by atoms with Crippen molar-refractivity contribution in [1.29, 1.82) is 0 Å². The number of fused-ring (bicyclic) bond motifs is 1. The Bertz CT molecular complexity index is 804. The minimum atomic E-state index is -0.222. The van der Waals surface area contributed by atoms with Crippen molar-refractivity contribution in [2.75, 3.05) is 11.1 Å². The van der Waals surface area contributed by atoms with E-state index in [4.69, 9.17) is 17.3 Å². The zero-order valence-corrected chi connectivity index (χ0v) is 11.0. The quantitative estimate of drug-likeness (QED) is 0.546. The van der Waals surface area contributed by atoms with Crippen molar-refractivity contribution < 1.29 is 0 Å². The summed E-state index contributed by atoms with van der Waals surface area (Å²) in [5, 5.41) is 3.38. The number of nitrogen functional groups attached to an aromatic ring is 1. The van der Waals surface area contributed by atoms with Crippen molar-refractivity contribution >= 4 is 34.4 Å². The molecule has 0 aliphatic rings. The highest BCUT2D eigenvalue weighted by molar-refractivity contribution is 6.29. The van der Waals surface area contributed by atoms with Crippen LogP contribution in [0.5, 0.6) is 0 Å². The molecule has 0 saturated carbocycles. The molecular formula is C12H11ClN6O. The van der Waals surface area contributed by atoms with Crippen molar-refractivity contribution in [3.8, 4) is 0 Å². The molecule has 20 heavy (non-hydrogen) atoms. The van der Waals surface area contributed by atoms with Gasteiger partial charge in [-0.15, -0.1) is 0 Å². The predicted octanol–water partition coefficient (Wildman–Crippen LogP) is 1.49. The number of H-pyrrole nitrogens is 2. The van der Waals surface area contributed by atoms with Gasteiger partial charge in [0.25, 0.3) is 0 Å². The first-order valence-corrected chi connectivity index (χ1v) is 6.23. The fraction of sp³-hybridized carbons (Fsp3) is 0.0833. The van der Waals surface area contributed by atoms with Gasteiger partial charge in [0, 0.05) is 12.6 Å². The standard InChI is InChI=1S/C12H11ClN6O/c13-9-4-10(19-11(14)18-9)15-5-6-1-2-7-8(3-6)17-12(20)16-7/h1-4H,5H2,(H2,16,17,20)(H3,14,15,18,19). The maximum atomic E-state index is 11.2. The molecule has 0 unspecified atom stereocenters. The average molecular weight is 291 g/mol. The summed E-state index contributed by atoms with van der Waals surface area (Å²) in [6, 6.07) is 7.22. The summed E-state index contributed by atoms with van der Waals surface area (Å²) in [4.78, 5) is 24.4. The average Bonchev–Trinajstić information content (AvgIpc) is 2.74. The predicted molar refractivity (Wildman–Crippen MR) is 77.7 cm³/mol. The first-order valence-electron chi connectivity index (χ1n) is 5.85. The van der Waals surface area contributed by atoms with Crippen LogP contribution in [0.3, 0.4) is 0 Å². The Morgan fingerprint density at radius 1 is 1.20 bits per heavy atom. The third-order valence-electron chi connectivity index (χ3n) is 2.77. The van der Waals surface area contributed by atoms with Crippen molar-refractivity contribution in [2.45, 2.75) is 6.54 Å². The van der Waals surface area contributed by atoms with Crippen molar-refractivity contribution in [3.05, 3.63) is 45.5 Å². The Kier molecular flexibility index (Phi) is 3.03.